The Hall–Kier alpha value is -4.63. The van der Waals surface area contributed by atoms with E-state index in [1.165, 1.54) is 34.8 Å². The van der Waals surface area contributed by atoms with Crippen molar-refractivity contribution >= 4 is 80.7 Å². The van der Waals surface area contributed by atoms with Crippen LogP contribution >= 0.6 is 38.7 Å². The first-order valence-corrected chi connectivity index (χ1v) is 34.2. The number of halogens is 4. The predicted octanol–water partition coefficient (Wildman–Crippen LogP) is 11.7. The molecule has 0 unspecified atom stereocenters. The van der Waals surface area contributed by atoms with Crippen LogP contribution in [0.5, 0.6) is 0 Å². The highest BCUT2D eigenvalue weighted by Crippen LogP contribution is 2.56. The van der Waals surface area contributed by atoms with Gasteiger partial charge in [-0.05, 0) is 148 Å². The monoisotopic (exact) mass is 1220 g/mol. The van der Waals surface area contributed by atoms with Crippen LogP contribution in [0.3, 0.4) is 0 Å². The molecule has 9 rings (SSSR count). The lowest BCUT2D eigenvalue weighted by Gasteiger charge is -2.37. The summed E-state index contributed by atoms with van der Waals surface area (Å²) in [7, 11) is -18.4. The summed E-state index contributed by atoms with van der Waals surface area (Å²) in [5.74, 6) is 0.131. The third-order valence-electron chi connectivity index (χ3n) is 15.0. The lowest BCUT2D eigenvalue weighted by atomic mass is 9.97. The molecule has 0 spiro atoms. The highest BCUT2D eigenvalue weighted by molar-refractivity contribution is 7.99. The largest absolute Gasteiger partial charge is 0.501 e. The Balaban J connectivity index is 0.919. The molecule has 24 heteroatoms. The van der Waals surface area contributed by atoms with E-state index in [9.17, 15) is 44.4 Å². The Morgan fingerprint density at radius 1 is 0.800 bits per heavy atom. The number of rotatable bonds is 19. The Labute approximate surface area is 475 Å². The maximum absolute atomic E-state index is 15.1. The highest BCUT2D eigenvalue weighted by Gasteiger charge is 2.49. The van der Waals surface area contributed by atoms with Crippen molar-refractivity contribution in [2.75, 3.05) is 85.4 Å². The summed E-state index contributed by atoms with van der Waals surface area (Å²) in [6, 6.07) is 35.7. The fraction of sp³-hybridized carbons (Fsp3) is 0.393. The van der Waals surface area contributed by atoms with E-state index >= 15 is 4.57 Å². The number of aromatic nitrogens is 1. The zero-order chi connectivity index (χ0) is 57.4. The van der Waals surface area contributed by atoms with Crippen LogP contribution in [0, 0.1) is 12.8 Å². The number of anilines is 3. The lowest BCUT2D eigenvalue weighted by molar-refractivity contribution is -0.0436. The van der Waals surface area contributed by atoms with Gasteiger partial charge in [0.25, 0.3) is 9.84 Å². The van der Waals surface area contributed by atoms with E-state index in [1.54, 1.807) is 24.3 Å². The molecule has 3 aliphatic rings. The molecule has 0 amide bonds. The van der Waals surface area contributed by atoms with Crippen molar-refractivity contribution in [1.29, 1.82) is 0 Å². The fourth-order valence-corrected chi connectivity index (χ4v) is 17.5. The molecule has 15 nitrogen and oxygen atoms in total. The Kier molecular flexibility index (Phi) is 18.2. The van der Waals surface area contributed by atoms with Crippen LogP contribution in [0.1, 0.15) is 50.4 Å². The molecule has 3 saturated heterocycles. The van der Waals surface area contributed by atoms with Crippen LogP contribution in [-0.2, 0) is 44.3 Å². The zero-order valence-corrected chi connectivity index (χ0v) is 49.7. The van der Waals surface area contributed by atoms with Gasteiger partial charge in [-0.3, -0.25) is 13.8 Å². The molecule has 6 aromatic rings. The number of alkyl halides is 3. The summed E-state index contributed by atoms with van der Waals surface area (Å²) in [5.41, 5.74) is 0.281. The Morgan fingerprint density at radius 2 is 1.44 bits per heavy atom. The minimum Gasteiger partial charge on any atom is -0.368 e. The van der Waals surface area contributed by atoms with Crippen LogP contribution in [0.25, 0.3) is 22.4 Å². The fourth-order valence-electron chi connectivity index (χ4n) is 11.2. The first-order valence-electron chi connectivity index (χ1n) is 26.3. The molecule has 2 atom stereocenters. The number of likely N-dealkylation sites (tertiary alicyclic amines) is 1. The molecule has 0 bridgehead atoms. The second kappa shape index (κ2) is 24.3. The van der Waals surface area contributed by atoms with Crippen molar-refractivity contribution in [1.82, 2.24) is 9.47 Å². The van der Waals surface area contributed by atoms with E-state index in [4.69, 9.17) is 20.6 Å². The Bertz CT molecular complexity index is 3500. The number of phosphoric acid groups is 1. The van der Waals surface area contributed by atoms with Crippen molar-refractivity contribution in [3.8, 4) is 22.4 Å². The van der Waals surface area contributed by atoms with E-state index in [1.807, 2.05) is 99.6 Å². The molecule has 0 radical (unpaired) electrons. The summed E-state index contributed by atoms with van der Waals surface area (Å²) in [6.45, 7) is 10.0. The summed E-state index contributed by atoms with van der Waals surface area (Å²) >= 11 is 7.80. The molecular formula is C56H65ClF3N5O10P2S3. The van der Waals surface area contributed by atoms with Crippen molar-refractivity contribution in [2.45, 2.75) is 78.8 Å². The second-order valence-corrected chi connectivity index (χ2v) is 29.6. The number of benzene rings is 5. The van der Waals surface area contributed by atoms with E-state index < -0.39 is 51.5 Å². The lowest BCUT2D eigenvalue weighted by Crippen LogP contribution is -2.46. The minimum atomic E-state index is -5.94. The van der Waals surface area contributed by atoms with Crippen molar-refractivity contribution in [3.63, 3.8) is 0 Å². The van der Waals surface area contributed by atoms with Gasteiger partial charge in [-0.25, -0.2) is 21.4 Å². The van der Waals surface area contributed by atoms with E-state index in [0.717, 1.165) is 39.2 Å². The van der Waals surface area contributed by atoms with Crippen LogP contribution in [0.4, 0.5) is 30.2 Å². The minimum absolute atomic E-state index is 0.0199. The van der Waals surface area contributed by atoms with E-state index in [2.05, 4.69) is 19.3 Å². The van der Waals surface area contributed by atoms with Gasteiger partial charge in [0.05, 0.1) is 40.0 Å². The quantitative estimate of drug-likeness (QED) is 0.0577. The number of piperidine rings is 1. The van der Waals surface area contributed by atoms with E-state index in [-0.39, 0.29) is 47.3 Å². The van der Waals surface area contributed by atoms with Crippen LogP contribution < -0.4 is 19.8 Å². The van der Waals surface area contributed by atoms with Crippen molar-refractivity contribution in [3.05, 3.63) is 138 Å². The summed E-state index contributed by atoms with van der Waals surface area (Å²) in [4.78, 5) is 25.4. The van der Waals surface area contributed by atoms with Gasteiger partial charge >= 0.3 is 20.9 Å². The average Bonchev–Trinajstić information content (AvgIpc) is 4.18. The number of phosphoric ester groups is 1. The van der Waals surface area contributed by atoms with Gasteiger partial charge in [0.2, 0.25) is 0 Å². The normalized spacial score (nSPS) is 18.6. The molecule has 5 aromatic carbocycles. The van der Waals surface area contributed by atoms with Crippen LogP contribution in [0.15, 0.2) is 136 Å². The molecule has 2 N–H and O–H groups in total. The smallest absolute Gasteiger partial charge is 0.368 e. The van der Waals surface area contributed by atoms with Gasteiger partial charge < -0.3 is 33.6 Å². The SMILES string of the molecule is Cc1c(S(C)(=O)=O)c(-c2cccc(N3CCN(c4ccc(N5CCO[P@@]5(=O)c5ccc(C[C@H](CCN6CCC(OP(=O)(O)O)CC6)CSc6ccccc6)c(S(=O)(=O)C(F)(F)F)c5)cc4)CC3)c2)c(-c2ccc(Cl)cc2)n1C(C)C. The molecule has 4 heterocycles. The molecule has 430 valence electrons. The van der Waals surface area contributed by atoms with Crippen molar-refractivity contribution < 1.29 is 58.0 Å². The number of hydrogen-bond donors (Lipinski definition) is 2. The standard InChI is InChI=1S/C56H65ClF3N5O10P2S3/c1-39(2)65-40(3)55(79(4,70)71)53(54(65)42-13-16-45(57)17-14-42)44-9-8-10-48(36-44)63-31-29-62(30-32-63)46-18-20-47(21-19-46)64-33-34-74-76(64,66)50-22-15-43(52(37-50)80(72,73)56(58,59)60)35-41(38-78-51-11-6-5-7-12-51)23-26-61-27-24-49(25-28-61)75-77(67,68)69/h5-22,36-37,39,41,49H,23-35,38H2,1-4H3,(H2,67,68,69)/t41-,76-/m0/s1. The predicted molar refractivity (Wildman–Crippen MR) is 311 cm³/mol. The molecule has 3 aliphatic heterocycles. The van der Waals surface area contributed by atoms with E-state index in [0.29, 0.717) is 92.8 Å². The molecular weight excluding hydrogens is 1150 g/mol. The van der Waals surface area contributed by atoms with Crippen molar-refractivity contribution in [2.24, 2.45) is 5.92 Å². The topological polar surface area (TPSA) is 179 Å². The number of thioether (sulfide) groups is 1. The third kappa shape index (κ3) is 13.4. The molecule has 0 aliphatic carbocycles. The van der Waals surface area contributed by atoms with Crippen LogP contribution in [-0.4, -0.2) is 119 Å². The zero-order valence-electron chi connectivity index (χ0n) is 44.7. The van der Waals surface area contributed by atoms with Gasteiger partial charge in [-0.15, -0.1) is 11.8 Å². The first kappa shape index (κ1) is 60.0. The second-order valence-electron chi connectivity index (χ2n) is 20.8. The molecule has 3 fully saturated rings. The maximum Gasteiger partial charge on any atom is 0.501 e. The highest BCUT2D eigenvalue weighted by atomic mass is 35.5. The molecule has 0 saturated carbocycles. The van der Waals surface area contributed by atoms with Gasteiger partial charge in [-0.2, -0.15) is 13.2 Å². The number of piperazine rings is 1. The summed E-state index contributed by atoms with van der Waals surface area (Å²) < 4.78 is 139. The number of nitrogens with zero attached hydrogens (tertiary/aromatic N) is 5. The molecule has 80 heavy (non-hydrogen) atoms. The van der Waals surface area contributed by atoms with Gasteiger partial charge in [-0.1, -0.05) is 60.1 Å². The molecule has 1 aromatic heterocycles. The number of hydrogen-bond acceptors (Lipinski definition) is 12. The summed E-state index contributed by atoms with van der Waals surface area (Å²) in [6.07, 6.45) is 1.83. The van der Waals surface area contributed by atoms with Gasteiger partial charge in [0, 0.05) is 95.6 Å². The van der Waals surface area contributed by atoms with Gasteiger partial charge in [0.1, 0.15) is 0 Å². The summed E-state index contributed by atoms with van der Waals surface area (Å²) in [5, 5.41) is 0.393. The van der Waals surface area contributed by atoms with Gasteiger partial charge in [0.15, 0.2) is 9.84 Å². The third-order valence-corrected chi connectivity index (χ3v) is 22.4. The maximum atomic E-state index is 15.1. The van der Waals surface area contributed by atoms with Crippen LogP contribution in [0.2, 0.25) is 5.02 Å². The average molecular weight is 1220 g/mol. The first-order chi connectivity index (χ1) is 37.8. The Morgan fingerprint density at radius 3 is 2.05 bits per heavy atom. The number of sulfone groups is 2.